The number of carbonyl (C=O) groups excluding carboxylic acids is 1. The monoisotopic (exact) mass is 411 g/mol. The number of rotatable bonds is 4. The van der Waals surface area contributed by atoms with Crippen LogP contribution in [0.1, 0.15) is 45.4 Å². The molecule has 1 heterocycles. The molecule has 3 rings (SSSR count). The van der Waals surface area contributed by atoms with Crippen LogP contribution in [-0.4, -0.2) is 48.6 Å². The lowest BCUT2D eigenvalue weighted by Gasteiger charge is -2.32. The molecule has 27 heavy (non-hydrogen) atoms. The highest BCUT2D eigenvalue weighted by Crippen LogP contribution is 2.31. The Labute approximate surface area is 173 Å². The van der Waals surface area contributed by atoms with Crippen LogP contribution in [0.4, 0.5) is 10.5 Å². The summed E-state index contributed by atoms with van der Waals surface area (Å²) < 4.78 is 0. The molecule has 1 saturated carbocycles. The quantitative estimate of drug-likeness (QED) is 0.684. The minimum absolute atomic E-state index is 0.0565. The van der Waals surface area contributed by atoms with Crippen molar-refractivity contribution in [2.45, 2.75) is 45.4 Å². The molecule has 2 unspecified atom stereocenters. The number of amides is 2. The second-order valence-corrected chi connectivity index (χ2v) is 8.82. The summed E-state index contributed by atoms with van der Waals surface area (Å²) in [5.41, 5.74) is 0.684. The van der Waals surface area contributed by atoms with E-state index in [-0.39, 0.29) is 6.03 Å². The number of nitrogens with one attached hydrogen (secondary N) is 1. The Balaban J connectivity index is 1.48. The van der Waals surface area contributed by atoms with Gasteiger partial charge in [0.1, 0.15) is 0 Å². The topological polar surface area (TPSA) is 35.6 Å². The first-order valence-corrected chi connectivity index (χ1v) is 11.0. The van der Waals surface area contributed by atoms with Crippen LogP contribution in [0.2, 0.25) is 10.0 Å². The molecule has 2 fully saturated rings. The number of urea groups is 1. The van der Waals surface area contributed by atoms with Crippen LogP contribution in [-0.2, 0) is 0 Å². The number of halogens is 2. The zero-order chi connectivity index (χ0) is 19.2. The lowest BCUT2D eigenvalue weighted by Crippen LogP contribution is -2.39. The van der Waals surface area contributed by atoms with Crippen molar-refractivity contribution in [1.29, 1.82) is 0 Å². The van der Waals surface area contributed by atoms with E-state index in [1.807, 2.05) is 4.90 Å². The fraction of sp³-hybridized carbons (Fsp3) is 0.667. The minimum atomic E-state index is -0.0565. The molecule has 1 saturated heterocycles. The molecule has 150 valence electrons. The van der Waals surface area contributed by atoms with Crippen LogP contribution in [0.3, 0.4) is 0 Å². The molecule has 2 amide bonds. The first-order valence-electron chi connectivity index (χ1n) is 10.3. The van der Waals surface area contributed by atoms with Crippen molar-refractivity contribution in [3.8, 4) is 0 Å². The van der Waals surface area contributed by atoms with Gasteiger partial charge in [0.25, 0.3) is 0 Å². The number of hydrogen-bond donors (Lipinski definition) is 1. The normalized spacial score (nSPS) is 24.5. The van der Waals surface area contributed by atoms with Gasteiger partial charge in [0.2, 0.25) is 0 Å². The van der Waals surface area contributed by atoms with Crippen LogP contribution < -0.4 is 5.32 Å². The van der Waals surface area contributed by atoms with Gasteiger partial charge in [0, 0.05) is 31.9 Å². The Hall–Kier alpha value is -0.970. The highest BCUT2D eigenvalue weighted by atomic mass is 35.5. The zero-order valence-electron chi connectivity index (χ0n) is 16.2. The molecular formula is C21H31Cl2N3O. The average Bonchev–Trinajstić information content (AvgIpc) is 2.90. The fourth-order valence-electron chi connectivity index (χ4n) is 4.44. The molecule has 0 radical (unpaired) electrons. The van der Waals surface area contributed by atoms with Gasteiger partial charge in [-0.25, -0.2) is 4.79 Å². The van der Waals surface area contributed by atoms with Crippen molar-refractivity contribution in [2.24, 2.45) is 11.8 Å². The maximum atomic E-state index is 12.6. The molecule has 1 aliphatic heterocycles. The molecule has 2 atom stereocenters. The summed E-state index contributed by atoms with van der Waals surface area (Å²) in [5, 5.41) is 3.89. The third-order valence-corrected chi connectivity index (χ3v) is 6.77. The second kappa shape index (κ2) is 9.99. The average molecular weight is 412 g/mol. The SMILES string of the molecule is CCC1CCCC(CN2CCCN(C(=O)Nc3ccc(Cl)c(Cl)c3)CC2)C1. The van der Waals surface area contributed by atoms with E-state index in [1.165, 1.54) is 38.6 Å². The third kappa shape index (κ3) is 6.00. The fourth-order valence-corrected chi connectivity index (χ4v) is 4.74. The van der Waals surface area contributed by atoms with Gasteiger partial charge in [-0.05, 0) is 55.8 Å². The van der Waals surface area contributed by atoms with Crippen LogP contribution in [0, 0.1) is 11.8 Å². The summed E-state index contributed by atoms with van der Waals surface area (Å²) in [7, 11) is 0. The summed E-state index contributed by atoms with van der Waals surface area (Å²) in [5.74, 6) is 1.75. The van der Waals surface area contributed by atoms with Gasteiger partial charge in [-0.2, -0.15) is 0 Å². The Morgan fingerprint density at radius 3 is 2.67 bits per heavy atom. The van der Waals surface area contributed by atoms with Crippen LogP contribution in [0.25, 0.3) is 0 Å². The van der Waals surface area contributed by atoms with Crippen LogP contribution in [0.5, 0.6) is 0 Å². The first-order chi connectivity index (χ1) is 13.0. The molecule has 0 aromatic heterocycles. The molecule has 1 aromatic carbocycles. The van der Waals surface area contributed by atoms with Gasteiger partial charge in [-0.15, -0.1) is 0 Å². The predicted molar refractivity (Wildman–Crippen MR) is 114 cm³/mol. The predicted octanol–water partition coefficient (Wildman–Crippen LogP) is 5.75. The number of nitrogens with zero attached hydrogens (tertiary/aromatic N) is 2. The molecule has 4 nitrogen and oxygen atoms in total. The van der Waals surface area contributed by atoms with Gasteiger partial charge < -0.3 is 15.1 Å². The Morgan fingerprint density at radius 2 is 1.89 bits per heavy atom. The third-order valence-electron chi connectivity index (χ3n) is 6.03. The number of benzene rings is 1. The summed E-state index contributed by atoms with van der Waals surface area (Å²) in [6, 6.07) is 5.12. The van der Waals surface area contributed by atoms with E-state index in [2.05, 4.69) is 17.1 Å². The van der Waals surface area contributed by atoms with Crippen molar-refractivity contribution in [2.75, 3.05) is 38.0 Å². The van der Waals surface area contributed by atoms with Gasteiger partial charge in [0.15, 0.2) is 0 Å². The molecule has 2 aliphatic rings. The van der Waals surface area contributed by atoms with Gasteiger partial charge in [-0.1, -0.05) is 49.4 Å². The first kappa shape index (κ1) is 20.8. The van der Waals surface area contributed by atoms with Crippen molar-refractivity contribution >= 4 is 34.9 Å². The standard InChI is InChI=1S/C21H31Cl2N3O/c1-2-16-5-3-6-17(13-16)15-25-9-4-10-26(12-11-25)21(27)24-18-7-8-19(22)20(23)14-18/h7-8,14,16-17H,2-6,9-13,15H2,1H3,(H,24,27). The van der Waals surface area contributed by atoms with Crippen molar-refractivity contribution in [3.63, 3.8) is 0 Å². The molecule has 1 N–H and O–H groups in total. The van der Waals surface area contributed by atoms with Crippen molar-refractivity contribution in [3.05, 3.63) is 28.2 Å². The van der Waals surface area contributed by atoms with Crippen LogP contribution in [0.15, 0.2) is 18.2 Å². The number of hydrogen-bond acceptors (Lipinski definition) is 2. The Bertz CT molecular complexity index is 640. The molecule has 1 aliphatic carbocycles. The Morgan fingerprint density at radius 1 is 1.07 bits per heavy atom. The smallest absolute Gasteiger partial charge is 0.321 e. The Kier molecular flexibility index (Phi) is 7.68. The minimum Gasteiger partial charge on any atom is -0.323 e. The maximum absolute atomic E-state index is 12.6. The van der Waals surface area contributed by atoms with Gasteiger partial charge in [0.05, 0.1) is 10.0 Å². The summed E-state index contributed by atoms with van der Waals surface area (Å²) in [6.45, 7) is 7.14. The lowest BCUT2D eigenvalue weighted by molar-refractivity contribution is 0.174. The van der Waals surface area contributed by atoms with E-state index in [1.54, 1.807) is 18.2 Å². The van der Waals surface area contributed by atoms with Crippen molar-refractivity contribution < 1.29 is 4.79 Å². The summed E-state index contributed by atoms with van der Waals surface area (Å²) in [4.78, 5) is 17.1. The van der Waals surface area contributed by atoms with E-state index in [9.17, 15) is 4.79 Å². The van der Waals surface area contributed by atoms with Crippen LogP contribution >= 0.6 is 23.2 Å². The van der Waals surface area contributed by atoms with Crippen molar-refractivity contribution in [1.82, 2.24) is 9.80 Å². The lowest BCUT2D eigenvalue weighted by atomic mass is 9.80. The molecular weight excluding hydrogens is 381 g/mol. The zero-order valence-corrected chi connectivity index (χ0v) is 17.7. The number of carbonyl (C=O) groups is 1. The second-order valence-electron chi connectivity index (χ2n) is 8.01. The number of anilines is 1. The maximum Gasteiger partial charge on any atom is 0.321 e. The van der Waals surface area contributed by atoms with Gasteiger partial charge >= 0.3 is 6.03 Å². The van der Waals surface area contributed by atoms with E-state index in [4.69, 9.17) is 23.2 Å². The van der Waals surface area contributed by atoms with E-state index in [0.29, 0.717) is 15.7 Å². The molecule has 1 aromatic rings. The molecule has 0 spiro atoms. The highest BCUT2D eigenvalue weighted by molar-refractivity contribution is 6.42. The summed E-state index contributed by atoms with van der Waals surface area (Å²) >= 11 is 12.0. The largest absolute Gasteiger partial charge is 0.323 e. The highest BCUT2D eigenvalue weighted by Gasteiger charge is 2.25. The van der Waals surface area contributed by atoms with E-state index >= 15 is 0 Å². The summed E-state index contributed by atoms with van der Waals surface area (Å²) in [6.07, 6.45) is 7.89. The molecule has 6 heteroatoms. The van der Waals surface area contributed by atoms with E-state index < -0.39 is 0 Å². The van der Waals surface area contributed by atoms with Gasteiger partial charge in [-0.3, -0.25) is 0 Å². The molecule has 0 bridgehead atoms. The van der Waals surface area contributed by atoms with E-state index in [0.717, 1.165) is 44.4 Å².